The second kappa shape index (κ2) is 7.64. The lowest BCUT2D eigenvalue weighted by Gasteiger charge is -2.17. The van der Waals surface area contributed by atoms with Crippen LogP contribution in [-0.4, -0.2) is 25.3 Å². The summed E-state index contributed by atoms with van der Waals surface area (Å²) in [5.74, 6) is 0.833. The van der Waals surface area contributed by atoms with Crippen molar-refractivity contribution in [2.75, 3.05) is 13.7 Å². The maximum atomic E-state index is 12.0. The van der Waals surface area contributed by atoms with E-state index in [-0.39, 0.29) is 12.5 Å². The predicted octanol–water partition coefficient (Wildman–Crippen LogP) is 2.93. The maximum Gasteiger partial charge on any atom is 0.277 e. The molecule has 3 rings (SSSR count). The molecule has 0 spiro atoms. The first kappa shape index (κ1) is 16.1. The summed E-state index contributed by atoms with van der Waals surface area (Å²) < 4.78 is 10.7. The number of nitrogens with zero attached hydrogens (tertiary/aromatic N) is 1. The summed E-state index contributed by atoms with van der Waals surface area (Å²) in [6.45, 7) is -0.112. The van der Waals surface area contributed by atoms with Gasteiger partial charge in [0, 0.05) is 5.56 Å². The van der Waals surface area contributed by atoms with Gasteiger partial charge in [-0.2, -0.15) is 5.10 Å². The van der Waals surface area contributed by atoms with Gasteiger partial charge in [-0.1, -0.05) is 36.4 Å². The van der Waals surface area contributed by atoms with Crippen molar-refractivity contribution in [3.8, 4) is 11.5 Å². The number of hydrogen-bond donors (Lipinski definition) is 1. The van der Waals surface area contributed by atoms with Crippen LogP contribution in [-0.2, 0) is 11.2 Å². The minimum absolute atomic E-state index is 0.112. The van der Waals surface area contributed by atoms with Gasteiger partial charge in [-0.3, -0.25) is 4.79 Å². The highest BCUT2D eigenvalue weighted by atomic mass is 16.5. The lowest BCUT2D eigenvalue weighted by atomic mass is 9.90. The van der Waals surface area contributed by atoms with Crippen LogP contribution in [0.1, 0.15) is 24.0 Å². The van der Waals surface area contributed by atoms with Crippen LogP contribution in [0.4, 0.5) is 0 Å². The van der Waals surface area contributed by atoms with Crippen molar-refractivity contribution in [1.82, 2.24) is 5.43 Å². The van der Waals surface area contributed by atoms with E-state index in [9.17, 15) is 4.79 Å². The molecule has 0 radical (unpaired) electrons. The van der Waals surface area contributed by atoms with E-state index in [0.29, 0.717) is 11.5 Å². The molecule has 2 aromatic carbocycles. The number of fused-ring (bicyclic) bond motifs is 1. The second-order valence-electron chi connectivity index (χ2n) is 5.54. The van der Waals surface area contributed by atoms with Gasteiger partial charge in [0.1, 0.15) is 0 Å². The molecule has 0 bridgehead atoms. The van der Waals surface area contributed by atoms with Crippen LogP contribution in [0.25, 0.3) is 0 Å². The topological polar surface area (TPSA) is 59.9 Å². The molecule has 5 heteroatoms. The van der Waals surface area contributed by atoms with Crippen LogP contribution in [0.15, 0.2) is 53.6 Å². The number of carbonyl (C=O) groups excluding carboxylic acids is 1. The van der Waals surface area contributed by atoms with Crippen molar-refractivity contribution in [2.45, 2.75) is 19.3 Å². The Kier molecular flexibility index (Phi) is 5.11. The zero-order valence-electron chi connectivity index (χ0n) is 13.6. The number of carbonyl (C=O) groups is 1. The highest BCUT2D eigenvalue weighted by Gasteiger charge is 2.15. The molecule has 0 unspecified atom stereocenters. The molecule has 1 N–H and O–H groups in total. The van der Waals surface area contributed by atoms with Gasteiger partial charge in [0.15, 0.2) is 18.1 Å². The number of methoxy groups -OCH3 is 1. The Morgan fingerprint density at radius 3 is 2.67 bits per heavy atom. The molecule has 0 aromatic heterocycles. The molecule has 0 fully saturated rings. The van der Waals surface area contributed by atoms with E-state index in [4.69, 9.17) is 9.47 Å². The van der Waals surface area contributed by atoms with Crippen molar-refractivity contribution >= 4 is 11.6 Å². The minimum atomic E-state index is -0.295. The molecule has 5 nitrogen and oxygen atoms in total. The molecule has 0 atom stereocenters. The van der Waals surface area contributed by atoms with Gasteiger partial charge in [-0.25, -0.2) is 5.43 Å². The van der Waals surface area contributed by atoms with E-state index in [2.05, 4.69) is 16.6 Å². The number of hydrazone groups is 1. The molecule has 1 amide bonds. The Morgan fingerprint density at radius 2 is 1.83 bits per heavy atom. The van der Waals surface area contributed by atoms with E-state index in [1.807, 2.05) is 30.3 Å². The fraction of sp³-hybridized carbons (Fsp3) is 0.263. The number of aryl methyl sites for hydroxylation is 1. The Labute approximate surface area is 141 Å². The molecule has 0 saturated carbocycles. The fourth-order valence-corrected chi connectivity index (χ4v) is 2.76. The summed E-state index contributed by atoms with van der Waals surface area (Å²) in [5.41, 5.74) is 5.90. The summed E-state index contributed by atoms with van der Waals surface area (Å²) in [4.78, 5) is 12.0. The second-order valence-corrected chi connectivity index (χ2v) is 5.54. The normalized spacial score (nSPS) is 14.8. The number of hydrogen-bond acceptors (Lipinski definition) is 4. The van der Waals surface area contributed by atoms with Gasteiger partial charge in [0.2, 0.25) is 0 Å². The monoisotopic (exact) mass is 324 g/mol. The van der Waals surface area contributed by atoms with Gasteiger partial charge in [-0.15, -0.1) is 0 Å². The standard InChI is InChI=1S/C19H20N2O3/c1-23-17-11-4-5-12-18(17)24-13-19(22)21-20-16-10-6-8-14-7-2-3-9-15(14)16/h2-5,7,9,11-12H,6,8,10,13H2,1H3,(H,21,22)/b20-16-. The molecule has 1 aliphatic carbocycles. The molecule has 0 aliphatic heterocycles. The summed E-state index contributed by atoms with van der Waals surface area (Å²) in [6.07, 6.45) is 2.97. The van der Waals surface area contributed by atoms with Gasteiger partial charge in [-0.05, 0) is 37.0 Å². The zero-order chi connectivity index (χ0) is 16.8. The van der Waals surface area contributed by atoms with Crippen LogP contribution in [0.2, 0.25) is 0 Å². The lowest BCUT2D eigenvalue weighted by Crippen LogP contribution is -2.27. The highest BCUT2D eigenvalue weighted by molar-refractivity contribution is 6.03. The van der Waals surface area contributed by atoms with Crippen molar-refractivity contribution < 1.29 is 14.3 Å². The minimum Gasteiger partial charge on any atom is -0.493 e. The highest BCUT2D eigenvalue weighted by Crippen LogP contribution is 2.25. The summed E-state index contributed by atoms with van der Waals surface area (Å²) in [5, 5.41) is 4.29. The van der Waals surface area contributed by atoms with E-state index in [1.165, 1.54) is 5.56 Å². The molecule has 24 heavy (non-hydrogen) atoms. The van der Waals surface area contributed by atoms with Gasteiger partial charge >= 0.3 is 0 Å². The maximum absolute atomic E-state index is 12.0. The fourth-order valence-electron chi connectivity index (χ4n) is 2.76. The third-order valence-corrected chi connectivity index (χ3v) is 3.93. The molecular weight excluding hydrogens is 304 g/mol. The van der Waals surface area contributed by atoms with E-state index in [1.54, 1.807) is 19.2 Å². The third kappa shape index (κ3) is 3.74. The quantitative estimate of drug-likeness (QED) is 0.860. The first-order valence-corrected chi connectivity index (χ1v) is 7.97. The summed E-state index contributed by atoms with van der Waals surface area (Å²) in [7, 11) is 1.56. The molecular formula is C19H20N2O3. The zero-order valence-corrected chi connectivity index (χ0v) is 13.6. The van der Waals surface area contributed by atoms with E-state index >= 15 is 0 Å². The molecule has 0 heterocycles. The van der Waals surface area contributed by atoms with Crippen LogP contribution < -0.4 is 14.9 Å². The number of para-hydroxylation sites is 2. The van der Waals surface area contributed by atoms with Crippen LogP contribution in [0, 0.1) is 0 Å². The molecule has 0 saturated heterocycles. The Hall–Kier alpha value is -2.82. The number of benzene rings is 2. The predicted molar refractivity (Wildman–Crippen MR) is 92.5 cm³/mol. The summed E-state index contributed by atoms with van der Waals surface area (Å²) >= 11 is 0. The SMILES string of the molecule is COc1ccccc1OCC(=O)N/N=C1/CCCc2ccccc21. The van der Waals surface area contributed by atoms with Crippen LogP contribution >= 0.6 is 0 Å². The van der Waals surface area contributed by atoms with Crippen molar-refractivity contribution in [3.63, 3.8) is 0 Å². The van der Waals surface area contributed by atoms with Crippen molar-refractivity contribution in [3.05, 3.63) is 59.7 Å². The van der Waals surface area contributed by atoms with Crippen LogP contribution in [0.3, 0.4) is 0 Å². The Morgan fingerprint density at radius 1 is 1.08 bits per heavy atom. The summed E-state index contributed by atoms with van der Waals surface area (Å²) in [6, 6.07) is 15.4. The Bertz CT molecular complexity index is 756. The van der Waals surface area contributed by atoms with Crippen LogP contribution in [0.5, 0.6) is 11.5 Å². The smallest absolute Gasteiger partial charge is 0.277 e. The lowest BCUT2D eigenvalue weighted by molar-refractivity contribution is -0.123. The van der Waals surface area contributed by atoms with E-state index in [0.717, 1.165) is 30.5 Å². The van der Waals surface area contributed by atoms with Crippen molar-refractivity contribution in [1.29, 1.82) is 0 Å². The first-order valence-electron chi connectivity index (χ1n) is 7.97. The number of nitrogens with one attached hydrogen (secondary N) is 1. The largest absolute Gasteiger partial charge is 0.493 e. The molecule has 124 valence electrons. The van der Waals surface area contributed by atoms with Gasteiger partial charge in [0.25, 0.3) is 5.91 Å². The van der Waals surface area contributed by atoms with Gasteiger partial charge in [0.05, 0.1) is 12.8 Å². The first-order chi connectivity index (χ1) is 11.8. The average molecular weight is 324 g/mol. The molecule has 1 aliphatic rings. The van der Waals surface area contributed by atoms with Gasteiger partial charge < -0.3 is 9.47 Å². The number of rotatable bonds is 5. The Balaban J connectivity index is 1.60. The third-order valence-electron chi connectivity index (χ3n) is 3.93. The van der Waals surface area contributed by atoms with E-state index < -0.39 is 0 Å². The number of amides is 1. The van der Waals surface area contributed by atoms with Crippen molar-refractivity contribution in [2.24, 2.45) is 5.10 Å². The average Bonchev–Trinajstić information content (AvgIpc) is 2.64. The molecule has 2 aromatic rings. The number of ether oxygens (including phenoxy) is 2.